The van der Waals surface area contributed by atoms with Crippen molar-refractivity contribution in [3.8, 4) is 0 Å². The summed E-state index contributed by atoms with van der Waals surface area (Å²) in [4.78, 5) is 37.8. The maximum atomic E-state index is 14.4. The number of amides is 2. The van der Waals surface area contributed by atoms with Crippen molar-refractivity contribution in [2.24, 2.45) is 10.9 Å². The highest BCUT2D eigenvalue weighted by Crippen LogP contribution is 2.29. The van der Waals surface area contributed by atoms with Crippen LogP contribution in [0.3, 0.4) is 0 Å². The van der Waals surface area contributed by atoms with E-state index in [4.69, 9.17) is 9.73 Å². The molecule has 1 saturated carbocycles. The zero-order chi connectivity index (χ0) is 28.6. The summed E-state index contributed by atoms with van der Waals surface area (Å²) in [6.45, 7) is 13.2. The molecule has 3 heterocycles. The Morgan fingerprint density at radius 1 is 1.12 bits per heavy atom. The van der Waals surface area contributed by atoms with Gasteiger partial charge in [-0.2, -0.15) is 0 Å². The van der Waals surface area contributed by atoms with Crippen LogP contribution in [-0.4, -0.2) is 90.1 Å². The fourth-order valence-corrected chi connectivity index (χ4v) is 6.83. The summed E-state index contributed by atoms with van der Waals surface area (Å²) in [5.41, 5.74) is 0. The quantitative estimate of drug-likeness (QED) is 0.371. The summed E-state index contributed by atoms with van der Waals surface area (Å²) >= 11 is 1.62. The molecule has 2 fully saturated rings. The number of thiophene rings is 1. The fourth-order valence-electron chi connectivity index (χ4n) is 6.18. The normalized spacial score (nSPS) is 26.4. The van der Waals surface area contributed by atoms with Crippen LogP contribution in [0.15, 0.2) is 22.5 Å². The van der Waals surface area contributed by atoms with Crippen LogP contribution in [0.4, 0.5) is 0 Å². The Morgan fingerprint density at radius 3 is 2.62 bits per heavy atom. The first-order chi connectivity index (χ1) is 19.2. The molecule has 2 amide bonds. The molecule has 0 radical (unpaired) electrons. The van der Waals surface area contributed by atoms with Crippen molar-refractivity contribution in [2.75, 3.05) is 26.2 Å². The van der Waals surface area contributed by atoms with E-state index in [0.717, 1.165) is 43.4 Å². The number of piperazine rings is 1. The Morgan fingerprint density at radius 2 is 1.95 bits per heavy atom. The van der Waals surface area contributed by atoms with Gasteiger partial charge in [0.15, 0.2) is 0 Å². The van der Waals surface area contributed by atoms with E-state index in [1.165, 1.54) is 0 Å². The van der Waals surface area contributed by atoms with Gasteiger partial charge in [-0.3, -0.25) is 9.59 Å². The van der Waals surface area contributed by atoms with Crippen molar-refractivity contribution in [1.82, 2.24) is 25.8 Å². The number of rotatable bonds is 10. The highest BCUT2D eigenvalue weighted by molar-refractivity contribution is 7.09. The second-order valence-electron chi connectivity index (χ2n) is 12.2. The average molecular weight is 575 g/mol. The minimum atomic E-state index is -0.606. The first-order valence-electron chi connectivity index (χ1n) is 15.3. The molecule has 3 aliphatic rings. The van der Waals surface area contributed by atoms with Crippen LogP contribution in [0.1, 0.15) is 78.0 Å². The standard InChI is InChI=1S/C30H50N6O3S/c1-6-23-19-39-30(34-23)35-14-15-36(26(18-35)28(37)31-17-25-11-8-16-40-25)29(38)27(33-21(4)5)22-9-7-10-24(13-12-22)32-20(2)3/h8,11,16,20-24,26-27,32-33H,6-7,9-10,12-15,17-19H2,1-5H3,(H,31,37)/t22-,23+,24?,26+,27-/m1/s1. The molecule has 10 heteroatoms. The van der Waals surface area contributed by atoms with Gasteiger partial charge in [-0.05, 0) is 49.5 Å². The van der Waals surface area contributed by atoms with Crippen LogP contribution in [0.5, 0.6) is 0 Å². The van der Waals surface area contributed by atoms with Crippen LogP contribution in [0.2, 0.25) is 0 Å². The molecule has 9 nitrogen and oxygen atoms in total. The smallest absolute Gasteiger partial charge is 0.287 e. The molecule has 1 saturated heterocycles. The number of hydrogen-bond acceptors (Lipinski definition) is 8. The maximum Gasteiger partial charge on any atom is 0.287 e. The molecule has 1 aromatic heterocycles. The highest BCUT2D eigenvalue weighted by atomic mass is 32.1. The number of amidine groups is 1. The van der Waals surface area contributed by atoms with Gasteiger partial charge in [0, 0.05) is 36.1 Å². The summed E-state index contributed by atoms with van der Waals surface area (Å²) in [6, 6.07) is 4.98. The molecule has 1 aromatic rings. The van der Waals surface area contributed by atoms with Crippen LogP contribution in [0.25, 0.3) is 0 Å². The van der Waals surface area contributed by atoms with Crippen molar-refractivity contribution in [2.45, 2.75) is 116 Å². The summed E-state index contributed by atoms with van der Waals surface area (Å²) in [6.07, 6.45) is 6.26. The van der Waals surface area contributed by atoms with E-state index in [9.17, 15) is 9.59 Å². The lowest BCUT2D eigenvalue weighted by molar-refractivity contribution is -0.146. The molecular weight excluding hydrogens is 524 g/mol. The topological polar surface area (TPSA) is 98.3 Å². The Labute approximate surface area is 244 Å². The van der Waals surface area contributed by atoms with Gasteiger partial charge >= 0.3 is 0 Å². The van der Waals surface area contributed by atoms with E-state index >= 15 is 0 Å². The summed E-state index contributed by atoms with van der Waals surface area (Å²) < 4.78 is 5.91. The van der Waals surface area contributed by atoms with Crippen molar-refractivity contribution in [3.05, 3.63) is 22.4 Å². The van der Waals surface area contributed by atoms with Crippen LogP contribution in [-0.2, 0) is 20.9 Å². The second kappa shape index (κ2) is 14.6. The van der Waals surface area contributed by atoms with E-state index in [2.05, 4.69) is 50.6 Å². The first kappa shape index (κ1) is 30.8. The maximum absolute atomic E-state index is 14.4. The molecule has 40 heavy (non-hydrogen) atoms. The van der Waals surface area contributed by atoms with Crippen molar-refractivity contribution in [3.63, 3.8) is 0 Å². The third-order valence-electron chi connectivity index (χ3n) is 8.26. The fraction of sp³-hybridized carbons (Fsp3) is 0.767. The molecule has 4 rings (SSSR count). The van der Waals surface area contributed by atoms with Gasteiger partial charge in [-0.1, -0.05) is 47.1 Å². The number of nitrogens with one attached hydrogen (secondary N) is 3. The lowest BCUT2D eigenvalue weighted by Crippen LogP contribution is -2.65. The number of carbonyl (C=O) groups excluding carboxylic acids is 2. The molecule has 5 atom stereocenters. The van der Waals surface area contributed by atoms with Crippen LogP contribution >= 0.6 is 11.3 Å². The molecule has 1 aliphatic carbocycles. The lowest BCUT2D eigenvalue weighted by atomic mass is 9.89. The minimum Gasteiger partial charge on any atom is -0.463 e. The third kappa shape index (κ3) is 8.19. The molecule has 224 valence electrons. The van der Waals surface area contributed by atoms with Gasteiger partial charge in [0.25, 0.3) is 6.02 Å². The summed E-state index contributed by atoms with van der Waals surface area (Å²) in [7, 11) is 0. The first-order valence-corrected chi connectivity index (χ1v) is 16.2. The van der Waals surface area contributed by atoms with Gasteiger partial charge in [-0.15, -0.1) is 11.3 Å². The van der Waals surface area contributed by atoms with Gasteiger partial charge in [-0.25, -0.2) is 4.99 Å². The molecule has 0 spiro atoms. The van der Waals surface area contributed by atoms with Crippen LogP contribution in [0, 0.1) is 5.92 Å². The zero-order valence-corrected chi connectivity index (χ0v) is 25.8. The Balaban J connectivity index is 1.51. The molecular formula is C30H50N6O3S. The van der Waals surface area contributed by atoms with E-state index in [1.54, 1.807) is 11.3 Å². The highest BCUT2D eigenvalue weighted by Gasteiger charge is 2.42. The van der Waals surface area contributed by atoms with Crippen molar-refractivity contribution in [1.29, 1.82) is 0 Å². The zero-order valence-electron chi connectivity index (χ0n) is 25.0. The number of nitrogens with zero attached hydrogens (tertiary/aromatic N) is 3. The van der Waals surface area contributed by atoms with Crippen molar-refractivity contribution >= 4 is 29.2 Å². The average Bonchev–Trinajstić information content (AvgIpc) is 3.59. The Kier molecular flexibility index (Phi) is 11.3. The SMILES string of the molecule is CC[C@H]1COC(N2CCN(C(=O)[C@H](NC(C)C)[C@@H]3CCCC(NC(C)C)CC3)[C@H](C(=O)NCc3cccs3)C2)=N1. The number of hydrogen-bond donors (Lipinski definition) is 3. The third-order valence-corrected chi connectivity index (χ3v) is 9.13. The molecule has 0 aromatic carbocycles. The predicted octanol–water partition coefficient (Wildman–Crippen LogP) is 3.36. The molecule has 3 N–H and O–H groups in total. The van der Waals surface area contributed by atoms with E-state index in [1.807, 2.05) is 27.3 Å². The molecule has 0 bridgehead atoms. The number of carbonyl (C=O) groups is 2. The molecule has 1 unspecified atom stereocenters. The Hall–Kier alpha value is -2.17. The summed E-state index contributed by atoms with van der Waals surface area (Å²) in [5, 5.41) is 12.4. The summed E-state index contributed by atoms with van der Waals surface area (Å²) in [5.74, 6) is 0.169. The monoisotopic (exact) mass is 574 g/mol. The van der Waals surface area contributed by atoms with E-state index < -0.39 is 6.04 Å². The second-order valence-corrected chi connectivity index (χ2v) is 13.2. The predicted molar refractivity (Wildman–Crippen MR) is 161 cm³/mol. The van der Waals surface area contributed by atoms with E-state index in [-0.39, 0.29) is 35.9 Å². The van der Waals surface area contributed by atoms with Crippen LogP contribution < -0.4 is 16.0 Å². The Bertz CT molecular complexity index is 984. The molecule has 2 aliphatic heterocycles. The van der Waals surface area contributed by atoms with Gasteiger partial charge in [0.05, 0.1) is 25.2 Å². The van der Waals surface area contributed by atoms with Crippen molar-refractivity contribution < 1.29 is 14.3 Å². The number of ether oxygens (including phenoxy) is 1. The lowest BCUT2D eigenvalue weighted by Gasteiger charge is -2.43. The minimum absolute atomic E-state index is 0.0469. The van der Waals surface area contributed by atoms with Gasteiger partial charge < -0.3 is 30.5 Å². The van der Waals surface area contributed by atoms with Gasteiger partial charge in [0.2, 0.25) is 11.8 Å². The number of aliphatic imine (C=N–C) groups is 1. The van der Waals surface area contributed by atoms with E-state index in [0.29, 0.717) is 50.9 Å². The van der Waals surface area contributed by atoms with Gasteiger partial charge in [0.1, 0.15) is 12.6 Å². The largest absolute Gasteiger partial charge is 0.463 e.